The van der Waals surface area contributed by atoms with E-state index in [4.69, 9.17) is 14.1 Å². The van der Waals surface area contributed by atoms with Gasteiger partial charge in [-0.25, -0.2) is 0 Å². The topological polar surface area (TPSA) is 62.0 Å². The summed E-state index contributed by atoms with van der Waals surface area (Å²) >= 11 is 0. The fourth-order valence-corrected chi connectivity index (χ4v) is 3.25. The first kappa shape index (κ1) is 20.4. The molecule has 1 unspecified atom stereocenters. The predicted molar refractivity (Wildman–Crippen MR) is 113 cm³/mol. The van der Waals surface area contributed by atoms with Crippen molar-refractivity contribution < 1.29 is 9.15 Å². The summed E-state index contributed by atoms with van der Waals surface area (Å²) < 4.78 is 10.8. The molecule has 28 heavy (non-hydrogen) atoms. The van der Waals surface area contributed by atoms with Crippen LogP contribution in [0, 0.1) is 0 Å². The number of morpholine rings is 1. The lowest BCUT2D eigenvalue weighted by Crippen LogP contribution is -2.40. The summed E-state index contributed by atoms with van der Waals surface area (Å²) in [5.74, 6) is 1.83. The van der Waals surface area contributed by atoms with Crippen LogP contribution in [0.2, 0.25) is 0 Å². The fraction of sp³-hybridized carbons (Fsp3) is 0.500. The highest BCUT2D eigenvalue weighted by atomic mass is 16.5. The van der Waals surface area contributed by atoms with Crippen LogP contribution in [-0.2, 0) is 11.2 Å². The Bertz CT molecular complexity index is 682. The number of furan rings is 1. The van der Waals surface area contributed by atoms with Crippen LogP contribution in [0.1, 0.15) is 30.7 Å². The fourth-order valence-electron chi connectivity index (χ4n) is 3.25. The highest BCUT2D eigenvalue weighted by Crippen LogP contribution is 2.10. The van der Waals surface area contributed by atoms with Crippen molar-refractivity contribution in [3.05, 3.63) is 60.1 Å². The Morgan fingerprint density at radius 3 is 2.71 bits per heavy atom. The van der Waals surface area contributed by atoms with E-state index in [0.717, 1.165) is 70.5 Å². The molecule has 0 radical (unpaired) electrons. The Kier molecular flexibility index (Phi) is 8.40. The molecule has 0 spiro atoms. The van der Waals surface area contributed by atoms with Crippen LogP contribution < -0.4 is 10.6 Å². The van der Waals surface area contributed by atoms with Gasteiger partial charge in [-0.1, -0.05) is 30.3 Å². The van der Waals surface area contributed by atoms with E-state index in [0.29, 0.717) is 0 Å². The summed E-state index contributed by atoms with van der Waals surface area (Å²) in [4.78, 5) is 7.25. The Labute approximate surface area is 168 Å². The van der Waals surface area contributed by atoms with E-state index in [1.165, 1.54) is 5.56 Å². The number of hydrogen-bond donors (Lipinski definition) is 2. The highest BCUT2D eigenvalue weighted by molar-refractivity contribution is 5.80. The van der Waals surface area contributed by atoms with Gasteiger partial charge in [0.2, 0.25) is 0 Å². The average molecular weight is 385 g/mol. The lowest BCUT2D eigenvalue weighted by atomic mass is 10.1. The molecule has 0 bridgehead atoms. The smallest absolute Gasteiger partial charge is 0.191 e. The van der Waals surface area contributed by atoms with E-state index in [-0.39, 0.29) is 6.04 Å². The lowest BCUT2D eigenvalue weighted by molar-refractivity contribution is 0.0377. The van der Waals surface area contributed by atoms with Gasteiger partial charge in [-0.05, 0) is 31.0 Å². The van der Waals surface area contributed by atoms with E-state index in [2.05, 4.69) is 46.7 Å². The Morgan fingerprint density at radius 1 is 1.14 bits per heavy atom. The molecule has 6 heteroatoms. The van der Waals surface area contributed by atoms with Gasteiger partial charge in [0.05, 0.1) is 25.5 Å². The van der Waals surface area contributed by atoms with Crippen molar-refractivity contribution in [2.24, 2.45) is 4.99 Å². The van der Waals surface area contributed by atoms with Gasteiger partial charge in [0.25, 0.3) is 0 Å². The summed E-state index contributed by atoms with van der Waals surface area (Å²) in [6.07, 6.45) is 3.59. The molecular formula is C22H32N4O2. The molecular weight excluding hydrogens is 352 g/mol. The van der Waals surface area contributed by atoms with E-state index < -0.39 is 0 Å². The standard InChI is InChI=1S/C22H32N4O2/c1-19(20-7-3-2-4-8-20)25-22(24-12-10-21-9-5-16-28-21)23-11-6-13-26-14-17-27-18-15-26/h2-5,7-9,16,19H,6,10-15,17-18H2,1H3,(H2,23,24,25). The first-order valence-corrected chi connectivity index (χ1v) is 10.2. The average Bonchev–Trinajstić information content (AvgIpc) is 3.26. The van der Waals surface area contributed by atoms with E-state index in [1.807, 2.05) is 18.2 Å². The van der Waals surface area contributed by atoms with Crippen LogP contribution in [0.5, 0.6) is 0 Å². The molecule has 1 aliphatic rings. The van der Waals surface area contributed by atoms with Gasteiger partial charge in [0.15, 0.2) is 5.96 Å². The Morgan fingerprint density at radius 2 is 1.96 bits per heavy atom. The maximum Gasteiger partial charge on any atom is 0.191 e. The number of benzene rings is 1. The second-order valence-corrected chi connectivity index (χ2v) is 7.07. The molecule has 1 aliphatic heterocycles. The van der Waals surface area contributed by atoms with Gasteiger partial charge in [0.1, 0.15) is 5.76 Å². The number of ether oxygens (including phenoxy) is 1. The Hall–Kier alpha value is -2.31. The summed E-state index contributed by atoms with van der Waals surface area (Å²) in [6.45, 7) is 8.56. The van der Waals surface area contributed by atoms with Crippen molar-refractivity contribution in [3.8, 4) is 0 Å². The molecule has 1 atom stereocenters. The second kappa shape index (κ2) is 11.5. The molecule has 1 aromatic heterocycles. The van der Waals surface area contributed by atoms with Crippen molar-refractivity contribution in [2.75, 3.05) is 45.9 Å². The molecule has 1 aromatic carbocycles. The molecule has 6 nitrogen and oxygen atoms in total. The summed E-state index contributed by atoms with van der Waals surface area (Å²) in [5.41, 5.74) is 1.25. The zero-order valence-corrected chi connectivity index (χ0v) is 16.8. The third-order valence-electron chi connectivity index (χ3n) is 4.90. The first-order chi connectivity index (χ1) is 13.8. The quantitative estimate of drug-likeness (QED) is 0.395. The minimum Gasteiger partial charge on any atom is -0.469 e. The van der Waals surface area contributed by atoms with Crippen LogP contribution in [0.4, 0.5) is 0 Å². The number of nitrogens with zero attached hydrogens (tertiary/aromatic N) is 2. The number of hydrogen-bond acceptors (Lipinski definition) is 4. The number of guanidine groups is 1. The summed E-state index contributed by atoms with van der Waals surface area (Å²) in [5, 5.41) is 6.97. The third-order valence-corrected chi connectivity index (χ3v) is 4.90. The van der Waals surface area contributed by atoms with Crippen molar-refractivity contribution in [1.82, 2.24) is 15.5 Å². The van der Waals surface area contributed by atoms with Crippen LogP contribution in [0.25, 0.3) is 0 Å². The van der Waals surface area contributed by atoms with Crippen LogP contribution in [-0.4, -0.2) is 56.8 Å². The molecule has 2 heterocycles. The van der Waals surface area contributed by atoms with Gasteiger partial charge in [-0.3, -0.25) is 9.89 Å². The molecule has 1 fully saturated rings. The lowest BCUT2D eigenvalue weighted by Gasteiger charge is -2.26. The normalized spacial score (nSPS) is 16.7. The molecule has 0 saturated carbocycles. The number of aliphatic imine (C=N–C) groups is 1. The van der Waals surface area contributed by atoms with Gasteiger partial charge in [-0.2, -0.15) is 0 Å². The molecule has 3 rings (SSSR count). The van der Waals surface area contributed by atoms with E-state index in [9.17, 15) is 0 Å². The highest BCUT2D eigenvalue weighted by Gasteiger charge is 2.10. The Balaban J connectivity index is 1.49. The summed E-state index contributed by atoms with van der Waals surface area (Å²) in [6, 6.07) is 14.6. The molecule has 2 N–H and O–H groups in total. The van der Waals surface area contributed by atoms with Gasteiger partial charge in [-0.15, -0.1) is 0 Å². The van der Waals surface area contributed by atoms with Crippen molar-refractivity contribution in [3.63, 3.8) is 0 Å². The van der Waals surface area contributed by atoms with Crippen molar-refractivity contribution in [1.29, 1.82) is 0 Å². The van der Waals surface area contributed by atoms with E-state index in [1.54, 1.807) is 6.26 Å². The second-order valence-electron chi connectivity index (χ2n) is 7.07. The van der Waals surface area contributed by atoms with Gasteiger partial charge >= 0.3 is 0 Å². The predicted octanol–water partition coefficient (Wildman–Crippen LogP) is 2.84. The molecule has 152 valence electrons. The van der Waals surface area contributed by atoms with Crippen LogP contribution in [0.15, 0.2) is 58.1 Å². The van der Waals surface area contributed by atoms with Crippen molar-refractivity contribution in [2.45, 2.75) is 25.8 Å². The number of nitrogens with one attached hydrogen (secondary N) is 2. The zero-order valence-electron chi connectivity index (χ0n) is 16.8. The maximum absolute atomic E-state index is 5.42. The molecule has 2 aromatic rings. The molecule has 0 aliphatic carbocycles. The zero-order chi connectivity index (χ0) is 19.4. The SMILES string of the molecule is CC(NC(=NCCCN1CCOCC1)NCCc1ccco1)c1ccccc1. The van der Waals surface area contributed by atoms with E-state index >= 15 is 0 Å². The van der Waals surface area contributed by atoms with Crippen LogP contribution >= 0.6 is 0 Å². The largest absolute Gasteiger partial charge is 0.469 e. The molecule has 1 saturated heterocycles. The minimum absolute atomic E-state index is 0.190. The van der Waals surface area contributed by atoms with Gasteiger partial charge < -0.3 is 19.8 Å². The first-order valence-electron chi connectivity index (χ1n) is 10.2. The monoisotopic (exact) mass is 384 g/mol. The maximum atomic E-state index is 5.42. The van der Waals surface area contributed by atoms with Gasteiger partial charge in [0, 0.05) is 39.1 Å². The third kappa shape index (κ3) is 7.02. The minimum atomic E-state index is 0.190. The molecule has 0 amide bonds. The number of rotatable bonds is 9. The van der Waals surface area contributed by atoms with Crippen LogP contribution in [0.3, 0.4) is 0 Å². The van der Waals surface area contributed by atoms with Crippen molar-refractivity contribution >= 4 is 5.96 Å². The summed E-state index contributed by atoms with van der Waals surface area (Å²) in [7, 11) is 0.